The van der Waals surface area contributed by atoms with Gasteiger partial charge in [-0.2, -0.15) is 5.10 Å². The topological polar surface area (TPSA) is 41.5 Å². The first-order valence-electron chi connectivity index (χ1n) is 7.34. The van der Waals surface area contributed by atoms with E-state index < -0.39 is 0 Å². The number of nitrogens with zero attached hydrogens (tertiary/aromatic N) is 1. The molecule has 0 unspecified atom stereocenters. The van der Waals surface area contributed by atoms with Gasteiger partial charge < -0.3 is 0 Å². The molecule has 1 amide bonds. The van der Waals surface area contributed by atoms with Crippen molar-refractivity contribution in [3.63, 3.8) is 0 Å². The first kappa shape index (κ1) is 14.9. The van der Waals surface area contributed by atoms with Gasteiger partial charge >= 0.3 is 0 Å². The van der Waals surface area contributed by atoms with Crippen LogP contribution in [0.25, 0.3) is 0 Å². The Hall–Kier alpha value is -1.06. The van der Waals surface area contributed by atoms with E-state index in [0.29, 0.717) is 21.5 Å². The summed E-state index contributed by atoms with van der Waals surface area (Å²) >= 11 is 11.9. The summed E-state index contributed by atoms with van der Waals surface area (Å²) in [5, 5.41) is 5.14. The maximum Gasteiger partial charge on any atom is 0.272 e. The zero-order valence-electron chi connectivity index (χ0n) is 11.9. The van der Waals surface area contributed by atoms with Gasteiger partial charge in [-0.1, -0.05) is 29.6 Å². The highest BCUT2D eigenvalue weighted by Gasteiger charge is 2.40. The molecule has 1 N–H and O–H groups in total. The molecule has 0 heterocycles. The van der Waals surface area contributed by atoms with Crippen LogP contribution < -0.4 is 5.43 Å². The van der Waals surface area contributed by atoms with E-state index in [-0.39, 0.29) is 5.91 Å². The molecule has 2 bridgehead atoms. The second-order valence-electron chi connectivity index (χ2n) is 6.10. The number of carbonyl (C=O) groups excluding carboxylic acids is 1. The Kier molecular flexibility index (Phi) is 4.23. The molecule has 0 aromatic heterocycles. The van der Waals surface area contributed by atoms with Gasteiger partial charge in [0.25, 0.3) is 5.91 Å². The molecule has 0 spiro atoms. The van der Waals surface area contributed by atoms with Crippen molar-refractivity contribution in [2.75, 3.05) is 0 Å². The van der Waals surface area contributed by atoms with Crippen LogP contribution >= 0.6 is 23.2 Å². The average molecular weight is 325 g/mol. The minimum absolute atomic E-state index is 0.292. The van der Waals surface area contributed by atoms with Crippen molar-refractivity contribution < 1.29 is 4.79 Å². The van der Waals surface area contributed by atoms with E-state index in [9.17, 15) is 4.79 Å². The van der Waals surface area contributed by atoms with Crippen LogP contribution in [-0.4, -0.2) is 11.6 Å². The normalized spacial score (nSPS) is 28.0. The summed E-state index contributed by atoms with van der Waals surface area (Å²) in [4.78, 5) is 12.1. The quantitative estimate of drug-likeness (QED) is 0.643. The maximum atomic E-state index is 12.1. The predicted molar refractivity (Wildman–Crippen MR) is 86.0 cm³/mol. The lowest BCUT2D eigenvalue weighted by Gasteiger charge is -2.21. The molecule has 1 aromatic rings. The summed E-state index contributed by atoms with van der Waals surface area (Å²) in [6.45, 7) is 2.01. The van der Waals surface area contributed by atoms with Crippen LogP contribution in [0.3, 0.4) is 0 Å². The number of hydrazone groups is 1. The van der Waals surface area contributed by atoms with Crippen molar-refractivity contribution in [3.8, 4) is 0 Å². The minimum Gasteiger partial charge on any atom is -0.267 e. The summed E-state index contributed by atoms with van der Waals surface area (Å²) in [6, 6.07) is 4.82. The third-order valence-electron chi connectivity index (χ3n) is 4.78. The van der Waals surface area contributed by atoms with Crippen molar-refractivity contribution in [2.45, 2.75) is 32.6 Å². The Morgan fingerprint density at radius 3 is 2.71 bits per heavy atom. The molecule has 2 fully saturated rings. The van der Waals surface area contributed by atoms with Crippen molar-refractivity contribution in [2.24, 2.45) is 22.9 Å². The Morgan fingerprint density at radius 1 is 1.29 bits per heavy atom. The summed E-state index contributed by atoms with van der Waals surface area (Å²) < 4.78 is 0. The van der Waals surface area contributed by atoms with Crippen LogP contribution in [-0.2, 0) is 0 Å². The van der Waals surface area contributed by atoms with Crippen LogP contribution in [0.15, 0.2) is 23.3 Å². The molecule has 112 valence electrons. The first-order valence-corrected chi connectivity index (χ1v) is 8.09. The molecule has 0 aliphatic heterocycles. The molecular weight excluding hydrogens is 307 g/mol. The lowest BCUT2D eigenvalue weighted by atomic mass is 9.86. The zero-order chi connectivity index (χ0) is 15.0. The standard InChI is InChI=1S/C16H18Cl2N2O/c1-9(14-7-10-2-3-11(14)6-10)19-20-16(21)13-5-4-12(17)8-15(13)18/h4-5,8,10-11,14H,2-3,6-7H2,1H3,(H,20,21)/b19-9-/t10-,11-,14+/m0/s1. The maximum absolute atomic E-state index is 12.1. The molecule has 3 atom stereocenters. The number of carbonyl (C=O) groups is 1. The Labute approximate surface area is 134 Å². The third kappa shape index (κ3) is 3.09. The molecule has 2 aliphatic carbocycles. The Morgan fingerprint density at radius 2 is 2.10 bits per heavy atom. The highest BCUT2D eigenvalue weighted by Crippen LogP contribution is 2.48. The SMILES string of the molecule is C/C(=N/NC(=O)c1ccc(Cl)cc1Cl)[C@H]1C[C@H]2CC[C@H]1C2. The molecule has 5 heteroatoms. The molecule has 3 nitrogen and oxygen atoms in total. The second-order valence-corrected chi connectivity index (χ2v) is 6.94. The van der Waals surface area contributed by atoms with Gasteiger partial charge in [-0.25, -0.2) is 5.43 Å². The Balaban J connectivity index is 1.66. The monoisotopic (exact) mass is 324 g/mol. The van der Waals surface area contributed by atoms with Crippen LogP contribution in [0, 0.1) is 17.8 Å². The van der Waals surface area contributed by atoms with Crippen LogP contribution in [0.1, 0.15) is 43.0 Å². The highest BCUT2D eigenvalue weighted by molar-refractivity contribution is 6.36. The molecule has 2 aliphatic rings. The number of amides is 1. The molecule has 0 saturated heterocycles. The van der Waals surface area contributed by atoms with Crippen molar-refractivity contribution in [1.29, 1.82) is 0 Å². The van der Waals surface area contributed by atoms with Gasteiger partial charge in [-0.05, 0) is 56.2 Å². The van der Waals surface area contributed by atoms with Crippen molar-refractivity contribution in [3.05, 3.63) is 33.8 Å². The molecule has 2 saturated carbocycles. The fourth-order valence-electron chi connectivity index (χ4n) is 3.71. The van der Waals surface area contributed by atoms with E-state index in [1.54, 1.807) is 18.2 Å². The number of nitrogens with one attached hydrogen (secondary N) is 1. The van der Waals surface area contributed by atoms with E-state index in [4.69, 9.17) is 23.2 Å². The number of hydrogen-bond acceptors (Lipinski definition) is 2. The molecular formula is C16H18Cl2N2O. The summed E-state index contributed by atoms with van der Waals surface area (Å²) in [6.07, 6.45) is 5.21. The number of benzene rings is 1. The zero-order valence-corrected chi connectivity index (χ0v) is 13.4. The van der Waals surface area contributed by atoms with Crippen LogP contribution in [0.2, 0.25) is 10.0 Å². The van der Waals surface area contributed by atoms with E-state index in [0.717, 1.165) is 17.5 Å². The van der Waals surface area contributed by atoms with Gasteiger partial charge in [-0.3, -0.25) is 4.79 Å². The summed E-state index contributed by atoms with van der Waals surface area (Å²) in [7, 11) is 0. The average Bonchev–Trinajstić information content (AvgIpc) is 3.07. The second kappa shape index (κ2) is 5.98. The molecule has 21 heavy (non-hydrogen) atoms. The van der Waals surface area contributed by atoms with E-state index >= 15 is 0 Å². The number of hydrogen-bond donors (Lipinski definition) is 1. The Bertz CT molecular complexity index is 600. The van der Waals surface area contributed by atoms with E-state index in [1.807, 2.05) is 6.92 Å². The van der Waals surface area contributed by atoms with Gasteiger partial charge in [0.15, 0.2) is 0 Å². The lowest BCUT2D eigenvalue weighted by Crippen LogP contribution is -2.24. The number of rotatable bonds is 3. The highest BCUT2D eigenvalue weighted by atomic mass is 35.5. The molecule has 3 rings (SSSR count). The number of fused-ring (bicyclic) bond motifs is 2. The predicted octanol–water partition coefficient (Wildman–Crippen LogP) is 4.54. The lowest BCUT2D eigenvalue weighted by molar-refractivity contribution is 0.0954. The van der Waals surface area contributed by atoms with Gasteiger partial charge in [-0.15, -0.1) is 0 Å². The summed E-state index contributed by atoms with van der Waals surface area (Å²) in [5.74, 6) is 1.87. The summed E-state index contributed by atoms with van der Waals surface area (Å²) in [5.41, 5.74) is 4.04. The van der Waals surface area contributed by atoms with Gasteiger partial charge in [0.05, 0.1) is 10.6 Å². The third-order valence-corrected chi connectivity index (χ3v) is 5.33. The fraction of sp³-hybridized carbons (Fsp3) is 0.500. The van der Waals surface area contributed by atoms with Gasteiger partial charge in [0, 0.05) is 16.7 Å². The number of halogens is 2. The van der Waals surface area contributed by atoms with Gasteiger partial charge in [0.2, 0.25) is 0 Å². The van der Waals surface area contributed by atoms with Crippen LogP contribution in [0.5, 0.6) is 0 Å². The van der Waals surface area contributed by atoms with E-state index in [2.05, 4.69) is 10.5 Å². The molecule has 1 aromatic carbocycles. The smallest absolute Gasteiger partial charge is 0.267 e. The fourth-order valence-corrected chi connectivity index (χ4v) is 4.21. The first-order chi connectivity index (χ1) is 10.0. The largest absolute Gasteiger partial charge is 0.272 e. The van der Waals surface area contributed by atoms with Crippen molar-refractivity contribution in [1.82, 2.24) is 5.43 Å². The van der Waals surface area contributed by atoms with Crippen LogP contribution in [0.4, 0.5) is 0 Å². The molecule has 0 radical (unpaired) electrons. The van der Waals surface area contributed by atoms with Crippen molar-refractivity contribution >= 4 is 34.8 Å². The minimum atomic E-state index is -0.292. The van der Waals surface area contributed by atoms with Gasteiger partial charge in [0.1, 0.15) is 0 Å². The van der Waals surface area contributed by atoms with E-state index in [1.165, 1.54) is 25.7 Å².